The van der Waals surface area contributed by atoms with Gasteiger partial charge >= 0.3 is 0 Å². The maximum atomic E-state index is 13.1. The van der Waals surface area contributed by atoms with E-state index in [1.807, 2.05) is 18.5 Å². The van der Waals surface area contributed by atoms with E-state index in [4.69, 9.17) is 0 Å². The summed E-state index contributed by atoms with van der Waals surface area (Å²) in [5.74, 6) is 0.525. The first kappa shape index (κ1) is 17.2. The molecule has 0 N–H and O–H groups in total. The van der Waals surface area contributed by atoms with Crippen molar-refractivity contribution in [1.29, 1.82) is 0 Å². The molecule has 1 unspecified atom stereocenters. The third kappa shape index (κ3) is 3.96. The van der Waals surface area contributed by atoms with Crippen molar-refractivity contribution in [1.82, 2.24) is 14.8 Å². The van der Waals surface area contributed by atoms with Crippen molar-refractivity contribution in [2.24, 2.45) is 5.92 Å². The summed E-state index contributed by atoms with van der Waals surface area (Å²) < 4.78 is 0. The van der Waals surface area contributed by atoms with Crippen LogP contribution in [0.15, 0.2) is 48.8 Å². The third-order valence-electron chi connectivity index (χ3n) is 5.73. The topological polar surface area (TPSA) is 36.4 Å². The van der Waals surface area contributed by atoms with E-state index in [9.17, 15) is 4.79 Å². The van der Waals surface area contributed by atoms with Gasteiger partial charge in [-0.05, 0) is 48.4 Å². The molecule has 4 heteroatoms. The lowest BCUT2D eigenvalue weighted by Crippen LogP contribution is -2.40. The Morgan fingerprint density at radius 2 is 1.92 bits per heavy atom. The molecule has 2 aromatic rings. The lowest BCUT2D eigenvalue weighted by molar-refractivity contribution is -0.135. The van der Waals surface area contributed by atoms with Gasteiger partial charge in [0.25, 0.3) is 0 Å². The van der Waals surface area contributed by atoms with Crippen LogP contribution in [0.25, 0.3) is 0 Å². The SMILES string of the molecule is O=C(C1CCc2ccccc2C1)N1CCCN(Cc2cccnc2)CC1. The van der Waals surface area contributed by atoms with E-state index < -0.39 is 0 Å². The highest BCUT2D eigenvalue weighted by atomic mass is 16.2. The van der Waals surface area contributed by atoms with Crippen molar-refractivity contribution in [3.63, 3.8) is 0 Å². The molecule has 1 atom stereocenters. The summed E-state index contributed by atoms with van der Waals surface area (Å²) in [6.45, 7) is 4.65. The van der Waals surface area contributed by atoms with Gasteiger partial charge in [-0.2, -0.15) is 0 Å². The van der Waals surface area contributed by atoms with Gasteiger partial charge in [0.1, 0.15) is 0 Å². The summed E-state index contributed by atoms with van der Waals surface area (Å²) in [7, 11) is 0. The summed E-state index contributed by atoms with van der Waals surface area (Å²) in [4.78, 5) is 21.8. The third-order valence-corrected chi connectivity index (χ3v) is 5.73. The Bertz CT molecular complexity index is 746. The molecule has 0 bridgehead atoms. The lowest BCUT2D eigenvalue weighted by atomic mass is 9.83. The van der Waals surface area contributed by atoms with Crippen molar-refractivity contribution in [3.05, 3.63) is 65.5 Å². The van der Waals surface area contributed by atoms with Gasteiger partial charge in [-0.15, -0.1) is 0 Å². The van der Waals surface area contributed by atoms with Crippen molar-refractivity contribution < 1.29 is 4.79 Å². The van der Waals surface area contributed by atoms with E-state index in [0.29, 0.717) is 5.91 Å². The van der Waals surface area contributed by atoms with Gasteiger partial charge < -0.3 is 4.90 Å². The van der Waals surface area contributed by atoms with Gasteiger partial charge in [0.15, 0.2) is 0 Å². The zero-order valence-corrected chi connectivity index (χ0v) is 15.3. The number of carbonyl (C=O) groups is 1. The molecule has 1 fully saturated rings. The second-order valence-corrected chi connectivity index (χ2v) is 7.52. The zero-order valence-electron chi connectivity index (χ0n) is 15.3. The van der Waals surface area contributed by atoms with E-state index in [1.54, 1.807) is 0 Å². The summed E-state index contributed by atoms with van der Waals surface area (Å²) in [5.41, 5.74) is 4.04. The number of carbonyl (C=O) groups excluding carboxylic acids is 1. The van der Waals surface area contributed by atoms with Gasteiger partial charge in [-0.3, -0.25) is 14.7 Å². The van der Waals surface area contributed by atoms with Crippen LogP contribution in [0.3, 0.4) is 0 Å². The first-order chi connectivity index (χ1) is 12.8. The van der Waals surface area contributed by atoms with E-state index in [2.05, 4.69) is 45.1 Å². The number of hydrogen-bond donors (Lipinski definition) is 0. The molecule has 1 saturated heterocycles. The van der Waals surface area contributed by atoms with Crippen LogP contribution >= 0.6 is 0 Å². The number of amides is 1. The largest absolute Gasteiger partial charge is 0.341 e. The minimum Gasteiger partial charge on any atom is -0.341 e. The van der Waals surface area contributed by atoms with Crippen LogP contribution in [0.5, 0.6) is 0 Å². The highest BCUT2D eigenvalue weighted by molar-refractivity contribution is 5.79. The minimum atomic E-state index is 0.162. The summed E-state index contributed by atoms with van der Waals surface area (Å²) in [5, 5.41) is 0. The summed E-state index contributed by atoms with van der Waals surface area (Å²) >= 11 is 0. The molecule has 1 aromatic heterocycles. The predicted octanol–water partition coefficient (Wildman–Crippen LogP) is 2.92. The van der Waals surface area contributed by atoms with E-state index in [1.165, 1.54) is 16.7 Å². The average molecular weight is 349 g/mol. The molecule has 2 heterocycles. The fraction of sp³-hybridized carbons (Fsp3) is 0.455. The highest BCUT2D eigenvalue weighted by Crippen LogP contribution is 2.27. The second kappa shape index (κ2) is 8.00. The van der Waals surface area contributed by atoms with Crippen molar-refractivity contribution in [2.45, 2.75) is 32.2 Å². The number of benzene rings is 1. The van der Waals surface area contributed by atoms with Crippen LogP contribution in [0, 0.1) is 5.92 Å². The molecular formula is C22H27N3O. The Morgan fingerprint density at radius 1 is 1.04 bits per heavy atom. The standard InChI is InChI=1S/C22H27N3O/c26-22(21-9-8-19-6-1-2-7-20(19)15-21)25-12-4-11-24(13-14-25)17-18-5-3-10-23-16-18/h1-3,5-7,10,16,21H,4,8-9,11-15,17H2. The first-order valence-corrected chi connectivity index (χ1v) is 9.76. The maximum absolute atomic E-state index is 13.1. The van der Waals surface area contributed by atoms with Crippen LogP contribution in [0.1, 0.15) is 29.5 Å². The molecule has 136 valence electrons. The fourth-order valence-electron chi connectivity index (χ4n) is 4.27. The quantitative estimate of drug-likeness (QED) is 0.855. The zero-order chi connectivity index (χ0) is 17.8. The smallest absolute Gasteiger partial charge is 0.226 e. The Kier molecular flexibility index (Phi) is 5.30. The monoisotopic (exact) mass is 349 g/mol. The summed E-state index contributed by atoms with van der Waals surface area (Å²) in [6.07, 6.45) is 7.74. The number of rotatable bonds is 3. The molecule has 0 spiro atoms. The average Bonchev–Trinajstić information content (AvgIpc) is 2.93. The van der Waals surface area contributed by atoms with Gasteiger partial charge in [-0.25, -0.2) is 0 Å². The van der Waals surface area contributed by atoms with Gasteiger partial charge in [-0.1, -0.05) is 30.3 Å². The van der Waals surface area contributed by atoms with Crippen LogP contribution in [0.4, 0.5) is 0 Å². The molecule has 0 radical (unpaired) electrons. The molecule has 1 aromatic carbocycles. The number of nitrogens with zero attached hydrogens (tertiary/aromatic N) is 3. The lowest BCUT2D eigenvalue weighted by Gasteiger charge is -2.29. The number of aryl methyl sites for hydroxylation is 1. The Balaban J connectivity index is 1.35. The van der Waals surface area contributed by atoms with Crippen LogP contribution in [-0.4, -0.2) is 46.9 Å². The Morgan fingerprint density at radius 3 is 2.77 bits per heavy atom. The second-order valence-electron chi connectivity index (χ2n) is 7.52. The van der Waals surface area contributed by atoms with E-state index >= 15 is 0 Å². The number of hydrogen-bond acceptors (Lipinski definition) is 3. The van der Waals surface area contributed by atoms with Gasteiger partial charge in [0.05, 0.1) is 0 Å². The molecule has 0 saturated carbocycles. The normalized spacial score (nSPS) is 21.1. The molecule has 1 aliphatic heterocycles. The molecule has 1 amide bonds. The van der Waals surface area contributed by atoms with Crippen LogP contribution in [0.2, 0.25) is 0 Å². The first-order valence-electron chi connectivity index (χ1n) is 9.76. The van der Waals surface area contributed by atoms with Crippen molar-refractivity contribution in [2.75, 3.05) is 26.2 Å². The van der Waals surface area contributed by atoms with Crippen molar-refractivity contribution >= 4 is 5.91 Å². The fourth-order valence-corrected chi connectivity index (χ4v) is 4.27. The van der Waals surface area contributed by atoms with Gasteiger partial charge in [0.2, 0.25) is 5.91 Å². The minimum absolute atomic E-state index is 0.162. The molecule has 1 aliphatic carbocycles. The molecule has 26 heavy (non-hydrogen) atoms. The molecule has 4 nitrogen and oxygen atoms in total. The molecular weight excluding hydrogens is 322 g/mol. The molecule has 2 aliphatic rings. The van der Waals surface area contributed by atoms with E-state index in [0.717, 1.165) is 58.4 Å². The van der Waals surface area contributed by atoms with Gasteiger partial charge in [0, 0.05) is 51.0 Å². The van der Waals surface area contributed by atoms with E-state index in [-0.39, 0.29) is 5.92 Å². The number of fused-ring (bicyclic) bond motifs is 1. The van der Waals surface area contributed by atoms with Crippen LogP contribution in [-0.2, 0) is 24.2 Å². The summed E-state index contributed by atoms with van der Waals surface area (Å²) in [6, 6.07) is 12.7. The van der Waals surface area contributed by atoms with Crippen molar-refractivity contribution in [3.8, 4) is 0 Å². The number of pyridine rings is 1. The van der Waals surface area contributed by atoms with Crippen LogP contribution < -0.4 is 0 Å². The Labute approximate surface area is 155 Å². The molecule has 4 rings (SSSR count). The maximum Gasteiger partial charge on any atom is 0.226 e. The predicted molar refractivity (Wildman–Crippen MR) is 103 cm³/mol. The highest BCUT2D eigenvalue weighted by Gasteiger charge is 2.29. The Hall–Kier alpha value is -2.20. The number of aromatic nitrogens is 1.